The summed E-state index contributed by atoms with van der Waals surface area (Å²) in [5.74, 6) is 1.45. The van der Waals surface area contributed by atoms with Crippen LogP contribution in [0.5, 0.6) is 17.2 Å². The van der Waals surface area contributed by atoms with Gasteiger partial charge in [-0.3, -0.25) is 9.69 Å². The molecule has 27 heavy (non-hydrogen) atoms. The molecule has 1 amide bonds. The fraction of sp³-hybridized carbons (Fsp3) is 0.667. The molecule has 2 heterocycles. The quantitative estimate of drug-likeness (QED) is 0.790. The smallest absolute Gasteiger partial charge is 0.257 e. The molecule has 0 saturated carbocycles. The van der Waals surface area contributed by atoms with E-state index in [1.165, 1.54) is 12.8 Å². The van der Waals surface area contributed by atoms with Gasteiger partial charge in [0.15, 0.2) is 11.5 Å². The number of hydrogen-bond acceptors (Lipinski definition) is 5. The Hall–Kier alpha value is -1.95. The third-order valence-electron chi connectivity index (χ3n) is 6.06. The minimum atomic E-state index is -0.00277. The van der Waals surface area contributed by atoms with Crippen LogP contribution in [0.2, 0.25) is 0 Å². The van der Waals surface area contributed by atoms with Crippen LogP contribution in [0.1, 0.15) is 49.9 Å². The van der Waals surface area contributed by atoms with Crippen LogP contribution in [0.15, 0.2) is 12.1 Å². The highest BCUT2D eigenvalue weighted by molar-refractivity contribution is 5.98. The maximum absolute atomic E-state index is 13.3. The van der Waals surface area contributed by atoms with E-state index in [0.717, 1.165) is 25.9 Å². The summed E-state index contributed by atoms with van der Waals surface area (Å²) in [6.45, 7) is 6.16. The van der Waals surface area contributed by atoms with E-state index in [1.807, 2.05) is 4.90 Å². The summed E-state index contributed by atoms with van der Waals surface area (Å²) >= 11 is 0. The molecular formula is C21H32N2O4. The lowest BCUT2D eigenvalue weighted by atomic mass is 10.0. The van der Waals surface area contributed by atoms with Gasteiger partial charge in [-0.05, 0) is 51.7 Å². The molecule has 0 unspecified atom stereocenters. The van der Waals surface area contributed by atoms with Crippen LogP contribution in [0.25, 0.3) is 0 Å². The van der Waals surface area contributed by atoms with Gasteiger partial charge in [0, 0.05) is 31.2 Å². The minimum absolute atomic E-state index is 0.00277. The van der Waals surface area contributed by atoms with E-state index in [0.29, 0.717) is 40.9 Å². The van der Waals surface area contributed by atoms with Gasteiger partial charge in [-0.1, -0.05) is 0 Å². The lowest BCUT2D eigenvalue weighted by molar-refractivity contribution is 0.0484. The maximum Gasteiger partial charge on any atom is 0.257 e. The molecule has 0 radical (unpaired) electrons. The third kappa shape index (κ3) is 3.72. The topological polar surface area (TPSA) is 51.2 Å². The number of carbonyl (C=O) groups excluding carboxylic acids is 1. The van der Waals surface area contributed by atoms with Crippen LogP contribution in [0.4, 0.5) is 0 Å². The Bertz CT molecular complexity index is 668. The molecule has 2 aliphatic heterocycles. The zero-order chi connectivity index (χ0) is 19.6. The molecule has 150 valence electrons. The van der Waals surface area contributed by atoms with E-state index in [-0.39, 0.29) is 5.91 Å². The summed E-state index contributed by atoms with van der Waals surface area (Å²) in [5, 5.41) is 0. The molecule has 0 N–H and O–H groups in total. The lowest BCUT2D eigenvalue weighted by Gasteiger charge is -2.41. The summed E-state index contributed by atoms with van der Waals surface area (Å²) in [5.41, 5.74) is 0.526. The van der Waals surface area contributed by atoms with Crippen molar-refractivity contribution in [3.8, 4) is 17.2 Å². The van der Waals surface area contributed by atoms with E-state index in [1.54, 1.807) is 33.5 Å². The summed E-state index contributed by atoms with van der Waals surface area (Å²) < 4.78 is 16.3. The van der Waals surface area contributed by atoms with Crippen molar-refractivity contribution in [2.75, 3.05) is 34.4 Å². The number of ether oxygens (including phenoxy) is 3. The van der Waals surface area contributed by atoms with Crippen LogP contribution >= 0.6 is 0 Å². The molecule has 0 bridgehead atoms. The van der Waals surface area contributed by atoms with Crippen molar-refractivity contribution in [3.63, 3.8) is 0 Å². The van der Waals surface area contributed by atoms with Gasteiger partial charge in [-0.2, -0.15) is 0 Å². The number of piperidine rings is 1. The second-order valence-electron chi connectivity index (χ2n) is 7.65. The molecule has 2 saturated heterocycles. The van der Waals surface area contributed by atoms with Crippen molar-refractivity contribution < 1.29 is 19.0 Å². The molecule has 0 aliphatic carbocycles. The fourth-order valence-corrected chi connectivity index (χ4v) is 4.76. The molecule has 3 atom stereocenters. The predicted octanol–water partition coefficient (Wildman–Crippen LogP) is 3.19. The number of hydrogen-bond donors (Lipinski definition) is 0. The molecule has 1 aromatic rings. The van der Waals surface area contributed by atoms with Gasteiger partial charge in [0.05, 0.1) is 26.9 Å². The zero-order valence-corrected chi connectivity index (χ0v) is 17.2. The molecule has 2 aliphatic rings. The highest BCUT2D eigenvalue weighted by Crippen LogP contribution is 2.40. The number of rotatable bonds is 5. The molecule has 6 nitrogen and oxygen atoms in total. The van der Waals surface area contributed by atoms with Gasteiger partial charge in [0.2, 0.25) is 5.75 Å². The predicted molar refractivity (Wildman–Crippen MR) is 105 cm³/mol. The average molecular weight is 376 g/mol. The number of methoxy groups -OCH3 is 3. The van der Waals surface area contributed by atoms with Crippen LogP contribution in [0, 0.1) is 0 Å². The summed E-state index contributed by atoms with van der Waals surface area (Å²) in [6, 6.07) is 5.15. The van der Waals surface area contributed by atoms with Gasteiger partial charge >= 0.3 is 0 Å². The van der Waals surface area contributed by atoms with Gasteiger partial charge in [0.1, 0.15) is 0 Å². The zero-order valence-electron chi connectivity index (χ0n) is 17.2. The van der Waals surface area contributed by atoms with Gasteiger partial charge in [-0.15, -0.1) is 0 Å². The van der Waals surface area contributed by atoms with Crippen molar-refractivity contribution >= 4 is 5.91 Å². The Morgan fingerprint density at radius 2 is 1.63 bits per heavy atom. The van der Waals surface area contributed by atoms with Crippen molar-refractivity contribution in [2.45, 2.75) is 57.7 Å². The lowest BCUT2D eigenvalue weighted by Crippen LogP contribution is -2.52. The average Bonchev–Trinajstić information content (AvgIpc) is 3.04. The van der Waals surface area contributed by atoms with E-state index in [2.05, 4.69) is 18.7 Å². The van der Waals surface area contributed by atoms with Crippen LogP contribution < -0.4 is 14.2 Å². The van der Waals surface area contributed by atoms with Crippen molar-refractivity contribution in [1.82, 2.24) is 9.80 Å². The second kappa shape index (κ2) is 8.38. The first kappa shape index (κ1) is 19.8. The fourth-order valence-electron chi connectivity index (χ4n) is 4.76. The monoisotopic (exact) mass is 376 g/mol. The van der Waals surface area contributed by atoms with Crippen molar-refractivity contribution in [1.29, 1.82) is 0 Å². The van der Waals surface area contributed by atoms with Crippen LogP contribution in [0.3, 0.4) is 0 Å². The number of benzene rings is 1. The maximum atomic E-state index is 13.3. The normalized spacial score (nSPS) is 26.1. The Labute approximate surface area is 162 Å². The summed E-state index contributed by atoms with van der Waals surface area (Å²) in [7, 11) is 4.69. The van der Waals surface area contributed by atoms with Crippen LogP contribution in [-0.2, 0) is 0 Å². The first-order chi connectivity index (χ1) is 13.0. The SMILES string of the molecule is COc1ccc(C(=O)N2CCC[C@@H](N3[C@H](C)CC[C@@H]3C)C2)c(OC)c1OC. The van der Waals surface area contributed by atoms with E-state index in [9.17, 15) is 4.79 Å². The van der Waals surface area contributed by atoms with Gasteiger partial charge in [-0.25, -0.2) is 0 Å². The highest BCUT2D eigenvalue weighted by atomic mass is 16.5. The molecule has 0 aromatic heterocycles. The summed E-state index contributed by atoms with van der Waals surface area (Å²) in [4.78, 5) is 17.9. The first-order valence-corrected chi connectivity index (χ1v) is 9.87. The van der Waals surface area contributed by atoms with E-state index in [4.69, 9.17) is 14.2 Å². The van der Waals surface area contributed by atoms with E-state index >= 15 is 0 Å². The Kier molecular flexibility index (Phi) is 6.15. The van der Waals surface area contributed by atoms with Crippen LogP contribution in [-0.4, -0.2) is 68.3 Å². The minimum Gasteiger partial charge on any atom is -0.493 e. The summed E-state index contributed by atoms with van der Waals surface area (Å²) in [6.07, 6.45) is 4.67. The van der Waals surface area contributed by atoms with E-state index < -0.39 is 0 Å². The number of amides is 1. The van der Waals surface area contributed by atoms with Gasteiger partial charge in [0.25, 0.3) is 5.91 Å². The molecule has 0 spiro atoms. The third-order valence-corrected chi connectivity index (χ3v) is 6.06. The standard InChI is InChI=1S/C21H32N2O4/c1-14-8-9-15(2)23(14)16-7-6-12-22(13-16)21(24)17-10-11-18(25-3)20(27-5)19(17)26-4/h10-11,14-16H,6-9,12-13H2,1-5H3/t14-,15+,16-/m1/s1. The number of carbonyl (C=O) groups is 1. The Balaban J connectivity index is 1.83. The Morgan fingerprint density at radius 1 is 0.963 bits per heavy atom. The molecule has 1 aromatic carbocycles. The molecule has 2 fully saturated rings. The second-order valence-corrected chi connectivity index (χ2v) is 7.65. The van der Waals surface area contributed by atoms with Crippen molar-refractivity contribution in [2.24, 2.45) is 0 Å². The van der Waals surface area contributed by atoms with Gasteiger partial charge < -0.3 is 19.1 Å². The highest BCUT2D eigenvalue weighted by Gasteiger charge is 2.37. The molecule has 6 heteroatoms. The number of likely N-dealkylation sites (tertiary alicyclic amines) is 2. The largest absolute Gasteiger partial charge is 0.493 e. The Morgan fingerprint density at radius 3 is 2.22 bits per heavy atom. The number of nitrogens with zero attached hydrogens (tertiary/aromatic N) is 2. The molecule has 3 rings (SSSR count). The molecular weight excluding hydrogens is 344 g/mol. The van der Waals surface area contributed by atoms with Crippen molar-refractivity contribution in [3.05, 3.63) is 17.7 Å². The first-order valence-electron chi connectivity index (χ1n) is 9.87.